The van der Waals surface area contributed by atoms with Crippen LogP contribution in [0, 0.1) is 12.8 Å². The van der Waals surface area contributed by atoms with Gasteiger partial charge in [0.15, 0.2) is 0 Å². The number of hydrogen-bond donors (Lipinski definition) is 3. The molecule has 0 bridgehead atoms. The number of carbonyl (C=O) groups excluding carboxylic acids is 2. The number of aryl methyl sites for hydroxylation is 1. The molecule has 3 N–H and O–H groups in total. The Morgan fingerprint density at radius 3 is 2.75 bits per heavy atom. The van der Waals surface area contributed by atoms with Gasteiger partial charge in [0.05, 0.1) is 5.92 Å². The van der Waals surface area contributed by atoms with Gasteiger partial charge >= 0.3 is 0 Å². The minimum Gasteiger partial charge on any atom is -0.326 e. The quantitative estimate of drug-likeness (QED) is 0.789. The molecule has 108 valence electrons. The standard InChI is InChI=1S/C15H21N3O2/c1-10-5-6-13(17-11(2)19)8-14(10)18-15(20)12-4-3-7-16-9-12/h5-6,8,12,16H,3-4,7,9H2,1-2H3,(H,17,19)(H,18,20). The van der Waals surface area contributed by atoms with Crippen LogP contribution < -0.4 is 16.0 Å². The lowest BCUT2D eigenvalue weighted by Crippen LogP contribution is -2.37. The minimum atomic E-state index is -0.123. The first-order valence-electron chi connectivity index (χ1n) is 6.96. The van der Waals surface area contributed by atoms with Crippen LogP contribution in [0.5, 0.6) is 0 Å². The van der Waals surface area contributed by atoms with E-state index in [2.05, 4.69) is 16.0 Å². The fourth-order valence-corrected chi connectivity index (χ4v) is 2.35. The summed E-state index contributed by atoms with van der Waals surface area (Å²) in [6.45, 7) is 5.12. The molecule has 0 aliphatic carbocycles. The number of piperidine rings is 1. The predicted octanol–water partition coefficient (Wildman–Crippen LogP) is 1.89. The molecule has 1 atom stereocenters. The van der Waals surface area contributed by atoms with Crippen LogP contribution in [0.1, 0.15) is 25.3 Å². The number of carbonyl (C=O) groups is 2. The number of hydrogen-bond acceptors (Lipinski definition) is 3. The summed E-state index contributed by atoms with van der Waals surface area (Å²) in [6.07, 6.45) is 1.95. The largest absolute Gasteiger partial charge is 0.326 e. The Morgan fingerprint density at radius 1 is 1.30 bits per heavy atom. The molecule has 0 radical (unpaired) electrons. The van der Waals surface area contributed by atoms with Gasteiger partial charge in [-0.05, 0) is 44.0 Å². The highest BCUT2D eigenvalue weighted by atomic mass is 16.2. The molecule has 1 fully saturated rings. The summed E-state index contributed by atoms with van der Waals surface area (Å²) in [6, 6.07) is 5.51. The molecule has 5 heteroatoms. The lowest BCUT2D eigenvalue weighted by molar-refractivity contribution is -0.120. The molecule has 0 saturated carbocycles. The van der Waals surface area contributed by atoms with Crippen molar-refractivity contribution in [3.05, 3.63) is 23.8 Å². The molecule has 1 saturated heterocycles. The number of rotatable bonds is 3. The van der Waals surface area contributed by atoms with Crippen LogP contribution in [0.3, 0.4) is 0 Å². The van der Waals surface area contributed by atoms with Crippen LogP contribution >= 0.6 is 0 Å². The molecule has 20 heavy (non-hydrogen) atoms. The average molecular weight is 275 g/mol. The molecule has 2 rings (SSSR count). The Balaban J connectivity index is 2.07. The van der Waals surface area contributed by atoms with E-state index in [0.717, 1.165) is 37.2 Å². The van der Waals surface area contributed by atoms with Crippen LogP contribution in [-0.2, 0) is 9.59 Å². The highest BCUT2D eigenvalue weighted by molar-refractivity contribution is 5.95. The van der Waals surface area contributed by atoms with E-state index in [-0.39, 0.29) is 17.7 Å². The molecule has 1 aliphatic heterocycles. The number of nitrogens with one attached hydrogen (secondary N) is 3. The van der Waals surface area contributed by atoms with Gasteiger partial charge in [-0.15, -0.1) is 0 Å². The van der Waals surface area contributed by atoms with E-state index in [1.54, 1.807) is 6.07 Å². The van der Waals surface area contributed by atoms with Crippen molar-refractivity contribution in [2.45, 2.75) is 26.7 Å². The Labute approximate surface area is 119 Å². The van der Waals surface area contributed by atoms with E-state index >= 15 is 0 Å². The first-order valence-corrected chi connectivity index (χ1v) is 6.96. The maximum absolute atomic E-state index is 12.2. The van der Waals surface area contributed by atoms with Crippen LogP contribution in [0.4, 0.5) is 11.4 Å². The second-order valence-corrected chi connectivity index (χ2v) is 5.24. The Hall–Kier alpha value is -1.88. The molecular weight excluding hydrogens is 254 g/mol. The van der Waals surface area contributed by atoms with Gasteiger partial charge in [-0.1, -0.05) is 6.07 Å². The normalized spacial score (nSPS) is 18.4. The van der Waals surface area contributed by atoms with Gasteiger partial charge in [-0.25, -0.2) is 0 Å². The van der Waals surface area contributed by atoms with E-state index in [1.807, 2.05) is 19.1 Å². The molecule has 2 amide bonds. The smallest absolute Gasteiger partial charge is 0.228 e. The average Bonchev–Trinajstić information content (AvgIpc) is 2.43. The van der Waals surface area contributed by atoms with Crippen molar-refractivity contribution in [3.8, 4) is 0 Å². The molecule has 1 heterocycles. The fraction of sp³-hybridized carbons (Fsp3) is 0.467. The Kier molecular flexibility index (Phi) is 4.74. The summed E-state index contributed by atoms with van der Waals surface area (Å²) in [5.74, 6) is -0.0598. The van der Waals surface area contributed by atoms with Crippen molar-refractivity contribution in [2.24, 2.45) is 5.92 Å². The zero-order chi connectivity index (χ0) is 14.5. The number of anilines is 2. The second-order valence-electron chi connectivity index (χ2n) is 5.24. The first kappa shape index (κ1) is 14.5. The monoisotopic (exact) mass is 275 g/mol. The predicted molar refractivity (Wildman–Crippen MR) is 79.7 cm³/mol. The van der Waals surface area contributed by atoms with Crippen molar-refractivity contribution in [1.82, 2.24) is 5.32 Å². The zero-order valence-electron chi connectivity index (χ0n) is 12.0. The van der Waals surface area contributed by atoms with E-state index < -0.39 is 0 Å². The van der Waals surface area contributed by atoms with E-state index in [0.29, 0.717) is 5.69 Å². The highest BCUT2D eigenvalue weighted by Gasteiger charge is 2.21. The molecule has 1 aromatic rings. The lowest BCUT2D eigenvalue weighted by Gasteiger charge is -2.22. The molecule has 1 aliphatic rings. The summed E-state index contributed by atoms with van der Waals surface area (Å²) < 4.78 is 0. The van der Waals surface area contributed by atoms with Gasteiger partial charge < -0.3 is 16.0 Å². The van der Waals surface area contributed by atoms with Gasteiger partial charge in [-0.3, -0.25) is 9.59 Å². The lowest BCUT2D eigenvalue weighted by atomic mass is 9.98. The van der Waals surface area contributed by atoms with Gasteiger partial charge in [0.2, 0.25) is 11.8 Å². The zero-order valence-corrected chi connectivity index (χ0v) is 12.0. The number of amides is 2. The molecule has 1 unspecified atom stereocenters. The topological polar surface area (TPSA) is 70.2 Å². The van der Waals surface area contributed by atoms with E-state index in [9.17, 15) is 9.59 Å². The Bertz CT molecular complexity index is 508. The second kappa shape index (κ2) is 6.52. The van der Waals surface area contributed by atoms with Crippen molar-refractivity contribution in [1.29, 1.82) is 0 Å². The summed E-state index contributed by atoms with van der Waals surface area (Å²) in [4.78, 5) is 23.3. The fourth-order valence-electron chi connectivity index (χ4n) is 2.35. The van der Waals surface area contributed by atoms with Gasteiger partial charge in [0.1, 0.15) is 0 Å². The summed E-state index contributed by atoms with van der Waals surface area (Å²) in [7, 11) is 0. The summed E-state index contributed by atoms with van der Waals surface area (Å²) in [5.41, 5.74) is 2.43. The molecule has 5 nitrogen and oxygen atoms in total. The van der Waals surface area contributed by atoms with Crippen LogP contribution in [-0.4, -0.2) is 24.9 Å². The third kappa shape index (κ3) is 3.81. The van der Waals surface area contributed by atoms with E-state index in [4.69, 9.17) is 0 Å². The third-order valence-electron chi connectivity index (χ3n) is 3.48. The van der Waals surface area contributed by atoms with Gasteiger partial charge in [0, 0.05) is 24.8 Å². The van der Waals surface area contributed by atoms with E-state index in [1.165, 1.54) is 6.92 Å². The molecule has 0 aromatic heterocycles. The third-order valence-corrected chi connectivity index (χ3v) is 3.48. The van der Waals surface area contributed by atoms with Crippen LogP contribution in [0.2, 0.25) is 0 Å². The van der Waals surface area contributed by atoms with Crippen molar-refractivity contribution < 1.29 is 9.59 Å². The summed E-state index contributed by atoms with van der Waals surface area (Å²) >= 11 is 0. The minimum absolute atomic E-state index is 0.0209. The molecular formula is C15H21N3O2. The van der Waals surface area contributed by atoms with Crippen molar-refractivity contribution >= 4 is 23.2 Å². The maximum Gasteiger partial charge on any atom is 0.228 e. The molecule has 1 aromatic carbocycles. The first-order chi connectivity index (χ1) is 9.56. The maximum atomic E-state index is 12.2. The summed E-state index contributed by atoms with van der Waals surface area (Å²) in [5, 5.41) is 8.92. The number of benzene rings is 1. The van der Waals surface area contributed by atoms with Gasteiger partial charge in [0.25, 0.3) is 0 Å². The SMILES string of the molecule is CC(=O)Nc1ccc(C)c(NC(=O)C2CCCNC2)c1. The molecule has 0 spiro atoms. The van der Waals surface area contributed by atoms with Crippen LogP contribution in [0.25, 0.3) is 0 Å². The van der Waals surface area contributed by atoms with Crippen molar-refractivity contribution in [2.75, 3.05) is 23.7 Å². The van der Waals surface area contributed by atoms with Crippen LogP contribution in [0.15, 0.2) is 18.2 Å². The Morgan fingerprint density at radius 2 is 2.10 bits per heavy atom. The van der Waals surface area contributed by atoms with Crippen molar-refractivity contribution in [3.63, 3.8) is 0 Å². The highest BCUT2D eigenvalue weighted by Crippen LogP contribution is 2.22. The van der Waals surface area contributed by atoms with Gasteiger partial charge in [-0.2, -0.15) is 0 Å².